The van der Waals surface area contributed by atoms with E-state index < -0.39 is 18.1 Å². The van der Waals surface area contributed by atoms with Gasteiger partial charge in [0.2, 0.25) is 0 Å². The number of carboxylic acid groups (broad SMARTS) is 1. The van der Waals surface area contributed by atoms with Gasteiger partial charge in [-0.05, 0) is 51.4 Å². The maximum absolute atomic E-state index is 12.7. The number of carbonyl (C=O) groups is 3. The molecule has 0 saturated heterocycles. The topological polar surface area (TPSA) is 99.1 Å². The molecule has 0 radical (unpaired) electrons. The van der Waals surface area contributed by atoms with Crippen molar-refractivity contribution < 1.29 is 38.2 Å². The Labute approximate surface area is 355 Å². The van der Waals surface area contributed by atoms with Crippen LogP contribution in [0.5, 0.6) is 0 Å². The molecule has 0 aromatic carbocycles. The van der Waals surface area contributed by atoms with E-state index in [0.717, 1.165) is 57.8 Å². The van der Waals surface area contributed by atoms with E-state index in [0.29, 0.717) is 19.3 Å². The van der Waals surface area contributed by atoms with Crippen LogP contribution in [0, 0.1) is 0 Å². The summed E-state index contributed by atoms with van der Waals surface area (Å²) in [5, 5.41) is 9.62. The number of carbonyl (C=O) groups excluding carboxylic acids is 2. The summed E-state index contributed by atoms with van der Waals surface area (Å²) < 4.78 is 17.2. The smallest absolute Gasteiger partial charge is 0.362 e. The molecule has 58 heavy (non-hydrogen) atoms. The van der Waals surface area contributed by atoms with Gasteiger partial charge in [-0.15, -0.1) is 0 Å². The summed E-state index contributed by atoms with van der Waals surface area (Å²) in [5.41, 5.74) is 0. The maximum Gasteiger partial charge on any atom is 0.362 e. The molecule has 0 rings (SSSR count). The third-order valence-corrected chi connectivity index (χ3v) is 9.88. The van der Waals surface area contributed by atoms with Gasteiger partial charge in [0, 0.05) is 19.3 Å². The number of ether oxygens (including phenoxy) is 3. The number of unbranched alkanes of at least 4 members (excludes halogenated alkanes) is 14. The molecule has 0 aromatic rings. The van der Waals surface area contributed by atoms with Crippen LogP contribution in [0.3, 0.4) is 0 Å². The third kappa shape index (κ3) is 38.3. The van der Waals surface area contributed by atoms with Crippen LogP contribution in [-0.2, 0) is 28.6 Å². The first-order valence-corrected chi connectivity index (χ1v) is 23.0. The second kappa shape index (κ2) is 40.5. The van der Waals surface area contributed by atoms with Gasteiger partial charge in [0.1, 0.15) is 6.61 Å². The Balaban J connectivity index is 4.46. The normalized spacial score (nSPS) is 13.6. The number of nitrogens with zero attached hydrogens (tertiary/aromatic N) is 1. The van der Waals surface area contributed by atoms with E-state index in [1.54, 1.807) is 0 Å². The summed E-state index contributed by atoms with van der Waals surface area (Å²) in [5.74, 6) is -1.58. The molecule has 0 fully saturated rings. The van der Waals surface area contributed by atoms with E-state index in [9.17, 15) is 19.5 Å². The Bertz CT molecular complexity index is 1180. The highest BCUT2D eigenvalue weighted by Crippen LogP contribution is 2.14. The molecule has 2 atom stereocenters. The lowest BCUT2D eigenvalue weighted by molar-refractivity contribution is -0.887. The molecule has 8 nitrogen and oxygen atoms in total. The van der Waals surface area contributed by atoms with E-state index in [1.807, 2.05) is 33.3 Å². The molecule has 332 valence electrons. The Morgan fingerprint density at radius 1 is 0.534 bits per heavy atom. The minimum atomic E-state index is -0.888. The van der Waals surface area contributed by atoms with Crippen molar-refractivity contribution in [2.75, 3.05) is 41.0 Å². The summed E-state index contributed by atoms with van der Waals surface area (Å²) >= 11 is 0. The van der Waals surface area contributed by atoms with E-state index in [2.05, 4.69) is 74.6 Å². The van der Waals surface area contributed by atoms with E-state index in [4.69, 9.17) is 14.2 Å². The van der Waals surface area contributed by atoms with Crippen molar-refractivity contribution in [2.24, 2.45) is 0 Å². The number of quaternary nitrogens is 1. The van der Waals surface area contributed by atoms with E-state index in [-0.39, 0.29) is 42.7 Å². The van der Waals surface area contributed by atoms with Crippen molar-refractivity contribution in [3.05, 3.63) is 72.9 Å². The van der Waals surface area contributed by atoms with Gasteiger partial charge < -0.3 is 23.8 Å². The zero-order valence-corrected chi connectivity index (χ0v) is 37.7. The standard InChI is InChI=1S/C50H85NO7/c1-6-8-10-12-14-16-18-20-22-23-24-25-27-29-31-33-35-37-39-41-49(53)58-46(44-56-43-42-47(50(54)55)51(3,4)5)45-57-48(52)40-38-36-34-32-30-28-26-21-19-17-15-13-11-9-7-2/h8,10,14,16,20,22,24-25,29,31,35,37,46-47H,6-7,9,11-13,15,17-19,21,23,26-28,30,32-34,36,38-45H2,1-5H3/p+1/b10-8-,16-14-,22-20-,25-24-,31-29-,37-35-. The number of hydrogen-bond acceptors (Lipinski definition) is 6. The average molecular weight is 813 g/mol. The number of allylic oxidation sites excluding steroid dienone is 12. The van der Waals surface area contributed by atoms with Gasteiger partial charge in [0.25, 0.3) is 0 Å². The Morgan fingerprint density at radius 3 is 1.40 bits per heavy atom. The van der Waals surface area contributed by atoms with E-state index >= 15 is 0 Å². The van der Waals surface area contributed by atoms with Crippen LogP contribution < -0.4 is 0 Å². The van der Waals surface area contributed by atoms with Crippen LogP contribution in [0.15, 0.2) is 72.9 Å². The number of aliphatic carboxylic acids is 1. The summed E-state index contributed by atoms with van der Waals surface area (Å²) in [4.78, 5) is 37.0. The summed E-state index contributed by atoms with van der Waals surface area (Å²) in [6, 6.07) is -0.630. The monoisotopic (exact) mass is 813 g/mol. The highest BCUT2D eigenvalue weighted by Gasteiger charge is 2.31. The van der Waals surface area contributed by atoms with Crippen LogP contribution in [-0.4, -0.2) is 80.6 Å². The number of carboxylic acids is 1. The van der Waals surface area contributed by atoms with Crippen LogP contribution in [0.4, 0.5) is 0 Å². The zero-order chi connectivity index (χ0) is 42.8. The molecule has 1 N–H and O–H groups in total. The highest BCUT2D eigenvalue weighted by molar-refractivity contribution is 5.72. The average Bonchev–Trinajstić information content (AvgIpc) is 3.18. The van der Waals surface area contributed by atoms with Crippen molar-refractivity contribution in [3.63, 3.8) is 0 Å². The first-order chi connectivity index (χ1) is 28.1. The SMILES string of the molecule is CC/C=C\C/C=C\C/C=C\C/C=C\C/C=C\C/C=C\CCC(=O)OC(COCCC(C(=O)O)[N+](C)(C)C)COC(=O)CCCCCCCCCCCCCCCCC. The van der Waals surface area contributed by atoms with Crippen molar-refractivity contribution in [3.8, 4) is 0 Å². The maximum atomic E-state index is 12.7. The van der Waals surface area contributed by atoms with Gasteiger partial charge in [-0.3, -0.25) is 9.59 Å². The van der Waals surface area contributed by atoms with Crippen LogP contribution in [0.1, 0.15) is 174 Å². The molecule has 0 heterocycles. The lowest BCUT2D eigenvalue weighted by Gasteiger charge is -2.31. The molecule has 0 amide bonds. The molecular formula is C50H86NO7+. The van der Waals surface area contributed by atoms with Gasteiger partial charge in [-0.1, -0.05) is 177 Å². The Kier molecular flexibility index (Phi) is 38.3. The first kappa shape index (κ1) is 54.8. The van der Waals surface area contributed by atoms with Crippen LogP contribution >= 0.6 is 0 Å². The second-order valence-electron chi connectivity index (χ2n) is 16.3. The molecule has 0 aliphatic carbocycles. The molecule has 0 aliphatic rings. The first-order valence-electron chi connectivity index (χ1n) is 23.0. The quantitative estimate of drug-likeness (QED) is 0.0285. The number of rotatable bonds is 40. The molecule has 8 heteroatoms. The highest BCUT2D eigenvalue weighted by atomic mass is 16.6. The lowest BCUT2D eigenvalue weighted by Crippen LogP contribution is -2.50. The Hall–Kier alpha value is -3.23. The van der Waals surface area contributed by atoms with E-state index in [1.165, 1.54) is 77.0 Å². The van der Waals surface area contributed by atoms with Crippen molar-refractivity contribution in [1.29, 1.82) is 0 Å². The van der Waals surface area contributed by atoms with Crippen molar-refractivity contribution in [1.82, 2.24) is 0 Å². The fraction of sp³-hybridized carbons (Fsp3) is 0.700. The largest absolute Gasteiger partial charge is 0.477 e. The number of likely N-dealkylation sites (N-methyl/N-ethyl adjacent to an activating group) is 1. The van der Waals surface area contributed by atoms with Crippen LogP contribution in [0.2, 0.25) is 0 Å². The van der Waals surface area contributed by atoms with Gasteiger partial charge in [0.05, 0.1) is 34.4 Å². The molecule has 0 saturated carbocycles. The van der Waals surface area contributed by atoms with Gasteiger partial charge >= 0.3 is 17.9 Å². The second-order valence-corrected chi connectivity index (χ2v) is 16.3. The summed E-state index contributed by atoms with van der Waals surface area (Å²) in [6.07, 6.45) is 51.0. The van der Waals surface area contributed by atoms with Gasteiger partial charge in [-0.2, -0.15) is 0 Å². The molecule has 0 aromatic heterocycles. The summed E-state index contributed by atoms with van der Waals surface area (Å²) in [6.45, 7) is 4.54. The Morgan fingerprint density at radius 2 is 0.966 bits per heavy atom. The minimum absolute atomic E-state index is 0.0291. The predicted octanol–water partition coefficient (Wildman–Crippen LogP) is 12.7. The zero-order valence-electron chi connectivity index (χ0n) is 37.7. The fourth-order valence-corrected chi connectivity index (χ4v) is 6.35. The molecule has 0 bridgehead atoms. The molecule has 0 spiro atoms. The molecule has 2 unspecified atom stereocenters. The van der Waals surface area contributed by atoms with Gasteiger partial charge in [-0.25, -0.2) is 4.79 Å². The minimum Gasteiger partial charge on any atom is -0.477 e. The third-order valence-electron chi connectivity index (χ3n) is 9.88. The molecular weight excluding hydrogens is 727 g/mol. The number of hydrogen-bond donors (Lipinski definition) is 1. The summed E-state index contributed by atoms with van der Waals surface area (Å²) in [7, 11) is 5.50. The fourth-order valence-electron chi connectivity index (χ4n) is 6.35. The number of esters is 2. The molecule has 0 aliphatic heterocycles. The van der Waals surface area contributed by atoms with Crippen LogP contribution in [0.25, 0.3) is 0 Å². The predicted molar refractivity (Wildman–Crippen MR) is 243 cm³/mol. The lowest BCUT2D eigenvalue weighted by atomic mass is 10.0. The van der Waals surface area contributed by atoms with Gasteiger partial charge in [0.15, 0.2) is 12.1 Å². The van der Waals surface area contributed by atoms with Crippen molar-refractivity contribution in [2.45, 2.75) is 187 Å². The van der Waals surface area contributed by atoms with Crippen molar-refractivity contribution >= 4 is 17.9 Å².